The van der Waals surface area contributed by atoms with Crippen molar-refractivity contribution in [3.63, 3.8) is 0 Å². The summed E-state index contributed by atoms with van der Waals surface area (Å²) in [5.74, 6) is 0.0492. The number of carbonyl (C=O) groups excluding carboxylic acids is 1. The Morgan fingerprint density at radius 3 is 2.47 bits per heavy atom. The van der Waals surface area contributed by atoms with Gasteiger partial charge in [0.2, 0.25) is 0 Å². The smallest absolute Gasteiger partial charge is 0.255 e. The minimum atomic E-state index is -0.368. The van der Waals surface area contributed by atoms with E-state index in [-0.39, 0.29) is 17.8 Å². The number of amides is 1. The molecule has 4 aromatic rings. The van der Waals surface area contributed by atoms with Crippen LogP contribution in [0.4, 0.5) is 10.1 Å². The van der Waals surface area contributed by atoms with E-state index in [1.807, 2.05) is 48.5 Å². The summed E-state index contributed by atoms with van der Waals surface area (Å²) in [5, 5.41) is 3.88. The van der Waals surface area contributed by atoms with E-state index >= 15 is 0 Å². The second kappa shape index (κ2) is 8.94. The first-order chi connectivity index (χ1) is 15.7. The zero-order valence-corrected chi connectivity index (χ0v) is 17.5. The molecule has 0 unspecified atom stereocenters. The lowest BCUT2D eigenvalue weighted by Crippen LogP contribution is -2.39. The molecule has 1 N–H and O–H groups in total. The van der Waals surface area contributed by atoms with Crippen molar-refractivity contribution in [1.82, 2.24) is 4.90 Å². The van der Waals surface area contributed by atoms with Crippen LogP contribution in [0.2, 0.25) is 0 Å². The molecule has 0 bridgehead atoms. The Morgan fingerprint density at radius 2 is 1.69 bits per heavy atom. The summed E-state index contributed by atoms with van der Waals surface area (Å²) in [6.07, 6.45) is 0. The van der Waals surface area contributed by atoms with Gasteiger partial charge in [-0.25, -0.2) is 4.39 Å². The Bertz CT molecular complexity index is 1230. The van der Waals surface area contributed by atoms with Gasteiger partial charge in [-0.05, 0) is 42.0 Å². The van der Waals surface area contributed by atoms with Crippen molar-refractivity contribution in [2.24, 2.45) is 0 Å². The van der Waals surface area contributed by atoms with Crippen LogP contribution in [0.1, 0.15) is 27.7 Å². The molecule has 162 valence electrons. The topological polar surface area (TPSA) is 54.7 Å². The minimum Gasteiger partial charge on any atom is -0.457 e. The summed E-state index contributed by atoms with van der Waals surface area (Å²) >= 11 is 0. The number of carbonyl (C=O) groups is 1. The van der Waals surface area contributed by atoms with E-state index in [1.54, 1.807) is 18.2 Å². The van der Waals surface area contributed by atoms with Gasteiger partial charge in [-0.1, -0.05) is 42.5 Å². The van der Waals surface area contributed by atoms with Crippen LogP contribution < -0.4 is 5.32 Å². The predicted molar refractivity (Wildman–Crippen MR) is 121 cm³/mol. The van der Waals surface area contributed by atoms with Gasteiger partial charge in [-0.3, -0.25) is 9.69 Å². The number of ether oxygens (including phenoxy) is 1. The van der Waals surface area contributed by atoms with E-state index in [9.17, 15) is 9.18 Å². The number of hydrogen-bond donors (Lipinski definition) is 1. The third-order valence-corrected chi connectivity index (χ3v) is 5.72. The van der Waals surface area contributed by atoms with Crippen molar-refractivity contribution in [2.75, 3.05) is 31.6 Å². The van der Waals surface area contributed by atoms with Crippen LogP contribution in [0.3, 0.4) is 0 Å². The van der Waals surface area contributed by atoms with Crippen LogP contribution in [0.5, 0.6) is 0 Å². The van der Waals surface area contributed by atoms with Crippen LogP contribution in [0.15, 0.2) is 83.3 Å². The van der Waals surface area contributed by atoms with Crippen molar-refractivity contribution in [3.05, 3.63) is 102 Å². The average molecular weight is 430 g/mol. The van der Waals surface area contributed by atoms with E-state index in [4.69, 9.17) is 9.15 Å². The highest BCUT2D eigenvalue weighted by atomic mass is 19.1. The van der Waals surface area contributed by atoms with Crippen LogP contribution >= 0.6 is 0 Å². The fourth-order valence-corrected chi connectivity index (χ4v) is 4.20. The lowest BCUT2D eigenvalue weighted by atomic mass is 10.00. The molecule has 1 fully saturated rings. The van der Waals surface area contributed by atoms with Gasteiger partial charge in [-0.15, -0.1) is 0 Å². The molecule has 1 atom stereocenters. The molecule has 1 saturated heterocycles. The van der Waals surface area contributed by atoms with E-state index in [0.717, 1.165) is 10.9 Å². The SMILES string of the molecule is O=C(Nc1c([C@@H](c2cccc(F)c2)N2CCOCC2)oc2ccccc12)c1ccccc1. The number of para-hydroxylation sites is 1. The van der Waals surface area contributed by atoms with Crippen molar-refractivity contribution in [1.29, 1.82) is 0 Å². The number of rotatable bonds is 5. The number of nitrogens with zero attached hydrogens (tertiary/aromatic N) is 1. The standard InChI is InChI=1S/C26H23FN2O3/c27-20-10-6-9-19(17-20)24(29-13-15-31-16-14-29)25-23(21-11-4-5-12-22(21)32-25)28-26(30)18-7-2-1-3-8-18/h1-12,17,24H,13-16H2,(H,28,30)/t24-/m1/s1. The zero-order valence-electron chi connectivity index (χ0n) is 17.5. The number of morpholine rings is 1. The highest BCUT2D eigenvalue weighted by Crippen LogP contribution is 2.40. The van der Waals surface area contributed by atoms with Gasteiger partial charge in [0.25, 0.3) is 5.91 Å². The van der Waals surface area contributed by atoms with Crippen LogP contribution in [-0.2, 0) is 4.74 Å². The first kappa shape index (κ1) is 20.4. The van der Waals surface area contributed by atoms with Gasteiger partial charge in [-0.2, -0.15) is 0 Å². The van der Waals surface area contributed by atoms with Gasteiger partial charge in [0, 0.05) is 24.0 Å². The van der Waals surface area contributed by atoms with E-state index in [2.05, 4.69) is 10.2 Å². The Morgan fingerprint density at radius 1 is 0.938 bits per heavy atom. The maximum absolute atomic E-state index is 14.2. The van der Waals surface area contributed by atoms with Crippen LogP contribution in [0, 0.1) is 5.82 Å². The van der Waals surface area contributed by atoms with Gasteiger partial charge >= 0.3 is 0 Å². The summed E-state index contributed by atoms with van der Waals surface area (Å²) in [6, 6.07) is 22.8. The monoisotopic (exact) mass is 430 g/mol. The van der Waals surface area contributed by atoms with Gasteiger partial charge < -0.3 is 14.5 Å². The van der Waals surface area contributed by atoms with Crippen LogP contribution in [0.25, 0.3) is 11.0 Å². The van der Waals surface area contributed by atoms with E-state index < -0.39 is 0 Å². The molecule has 1 amide bonds. The molecule has 1 aliphatic heterocycles. The molecule has 5 rings (SSSR count). The Kier molecular flexibility index (Phi) is 5.71. The first-order valence-electron chi connectivity index (χ1n) is 10.7. The fourth-order valence-electron chi connectivity index (χ4n) is 4.20. The highest BCUT2D eigenvalue weighted by Gasteiger charge is 2.31. The Hall–Kier alpha value is -3.48. The number of anilines is 1. The summed E-state index contributed by atoms with van der Waals surface area (Å²) in [5.41, 5.74) is 2.59. The Balaban J connectivity index is 1.64. The molecular formula is C26H23FN2O3. The summed E-state index contributed by atoms with van der Waals surface area (Å²) in [7, 11) is 0. The lowest BCUT2D eigenvalue weighted by molar-refractivity contribution is 0.0205. The molecule has 0 spiro atoms. The lowest BCUT2D eigenvalue weighted by Gasteiger charge is -2.34. The summed E-state index contributed by atoms with van der Waals surface area (Å²) in [6.45, 7) is 2.50. The normalized spacial score (nSPS) is 15.5. The number of furan rings is 1. The van der Waals surface area contributed by atoms with Crippen molar-refractivity contribution < 1.29 is 18.3 Å². The molecule has 5 nitrogen and oxygen atoms in total. The largest absolute Gasteiger partial charge is 0.457 e. The third-order valence-electron chi connectivity index (χ3n) is 5.72. The molecule has 0 aliphatic carbocycles. The summed E-state index contributed by atoms with van der Waals surface area (Å²) in [4.78, 5) is 15.3. The molecule has 2 heterocycles. The number of fused-ring (bicyclic) bond motifs is 1. The van der Waals surface area contributed by atoms with Gasteiger partial charge in [0.1, 0.15) is 17.2 Å². The van der Waals surface area contributed by atoms with Gasteiger partial charge in [0.15, 0.2) is 0 Å². The number of nitrogens with one attached hydrogen (secondary N) is 1. The molecule has 1 aliphatic rings. The maximum atomic E-state index is 14.2. The van der Waals surface area contributed by atoms with E-state index in [1.165, 1.54) is 12.1 Å². The summed E-state index contributed by atoms with van der Waals surface area (Å²) < 4.78 is 26.1. The molecule has 32 heavy (non-hydrogen) atoms. The predicted octanol–water partition coefficient (Wildman–Crippen LogP) is 5.25. The molecule has 3 aromatic carbocycles. The van der Waals surface area contributed by atoms with Crippen LogP contribution in [-0.4, -0.2) is 37.1 Å². The first-order valence-corrected chi connectivity index (χ1v) is 10.7. The maximum Gasteiger partial charge on any atom is 0.255 e. The van der Waals surface area contributed by atoms with Crippen molar-refractivity contribution in [3.8, 4) is 0 Å². The van der Waals surface area contributed by atoms with Crippen molar-refractivity contribution >= 4 is 22.6 Å². The Labute approximate surface area is 185 Å². The molecule has 6 heteroatoms. The highest BCUT2D eigenvalue weighted by molar-refractivity contribution is 6.09. The zero-order chi connectivity index (χ0) is 21.9. The van der Waals surface area contributed by atoms with E-state index in [0.29, 0.717) is 48.9 Å². The average Bonchev–Trinajstić information content (AvgIpc) is 3.18. The minimum absolute atomic E-state index is 0.224. The molecule has 1 aromatic heterocycles. The molecule has 0 radical (unpaired) electrons. The third kappa shape index (κ3) is 4.02. The second-order valence-electron chi connectivity index (χ2n) is 7.76. The van der Waals surface area contributed by atoms with Crippen molar-refractivity contribution in [2.45, 2.75) is 6.04 Å². The molecule has 0 saturated carbocycles. The van der Waals surface area contributed by atoms with Gasteiger partial charge in [0.05, 0.1) is 24.9 Å². The number of hydrogen-bond acceptors (Lipinski definition) is 4. The number of benzene rings is 3. The second-order valence-corrected chi connectivity index (χ2v) is 7.76. The number of halogens is 1. The fraction of sp³-hybridized carbons (Fsp3) is 0.192. The quantitative estimate of drug-likeness (QED) is 0.470. The molecular weight excluding hydrogens is 407 g/mol.